The highest BCUT2D eigenvalue weighted by molar-refractivity contribution is 5.95. The third-order valence-electron chi connectivity index (χ3n) is 3.69. The first-order valence-electron chi connectivity index (χ1n) is 6.75. The first-order chi connectivity index (χ1) is 8.74. The van der Waals surface area contributed by atoms with E-state index >= 15 is 0 Å². The maximum Gasteiger partial charge on any atom is 0.257 e. The van der Waals surface area contributed by atoms with Gasteiger partial charge in [-0.1, -0.05) is 12.8 Å². The summed E-state index contributed by atoms with van der Waals surface area (Å²) in [5.41, 5.74) is 7.10. The normalized spacial score (nSPS) is 16.1. The van der Waals surface area contributed by atoms with Crippen molar-refractivity contribution in [3.63, 3.8) is 0 Å². The molecule has 1 saturated carbocycles. The maximum atomic E-state index is 12.5. The Morgan fingerprint density at radius 1 is 1.56 bits per heavy atom. The molecule has 1 aliphatic carbocycles. The molecule has 18 heavy (non-hydrogen) atoms. The largest absolute Gasteiger partial charge is 0.336 e. The van der Waals surface area contributed by atoms with Gasteiger partial charge in [0.05, 0.1) is 11.8 Å². The fourth-order valence-corrected chi connectivity index (χ4v) is 2.65. The molecule has 1 fully saturated rings. The number of H-pyrrole nitrogens is 1. The van der Waals surface area contributed by atoms with Crippen molar-refractivity contribution < 1.29 is 4.79 Å². The lowest BCUT2D eigenvalue weighted by Crippen LogP contribution is -2.40. The van der Waals surface area contributed by atoms with Crippen molar-refractivity contribution in [2.24, 2.45) is 5.73 Å². The van der Waals surface area contributed by atoms with Gasteiger partial charge in [-0.05, 0) is 32.7 Å². The summed E-state index contributed by atoms with van der Waals surface area (Å²) in [5.74, 6) is 0.0987. The average Bonchev–Trinajstić information content (AvgIpc) is 3.00. The number of hydrogen-bond donors (Lipinski definition) is 2. The molecule has 0 saturated heterocycles. The molecule has 3 N–H and O–H groups in total. The lowest BCUT2D eigenvalue weighted by atomic mass is 10.1. The quantitative estimate of drug-likeness (QED) is 0.830. The maximum absolute atomic E-state index is 12.5. The van der Waals surface area contributed by atoms with Crippen LogP contribution in [0.3, 0.4) is 0 Å². The van der Waals surface area contributed by atoms with E-state index in [1.165, 1.54) is 12.8 Å². The van der Waals surface area contributed by atoms with Gasteiger partial charge < -0.3 is 10.6 Å². The Balaban J connectivity index is 2.12. The van der Waals surface area contributed by atoms with Gasteiger partial charge >= 0.3 is 0 Å². The molecular formula is C13H22N4O. The first-order valence-corrected chi connectivity index (χ1v) is 6.75. The number of carbonyl (C=O) groups excluding carboxylic acids is 1. The molecule has 0 bridgehead atoms. The van der Waals surface area contributed by atoms with Gasteiger partial charge in [0.1, 0.15) is 0 Å². The van der Waals surface area contributed by atoms with E-state index in [4.69, 9.17) is 5.73 Å². The molecule has 0 aromatic carbocycles. The van der Waals surface area contributed by atoms with Crippen LogP contribution >= 0.6 is 0 Å². The number of nitrogens with two attached hydrogens (primary N) is 1. The number of hydrogen-bond acceptors (Lipinski definition) is 3. The topological polar surface area (TPSA) is 75.0 Å². The summed E-state index contributed by atoms with van der Waals surface area (Å²) in [6.45, 7) is 3.27. The third kappa shape index (κ3) is 2.72. The Labute approximate surface area is 108 Å². The zero-order valence-electron chi connectivity index (χ0n) is 11.0. The minimum atomic E-state index is 0.0987. The minimum absolute atomic E-state index is 0.0987. The number of nitrogens with zero attached hydrogens (tertiary/aromatic N) is 2. The van der Waals surface area contributed by atoms with Gasteiger partial charge in [-0.15, -0.1) is 0 Å². The molecule has 2 rings (SSSR count). The van der Waals surface area contributed by atoms with E-state index in [2.05, 4.69) is 10.2 Å². The van der Waals surface area contributed by atoms with Crippen LogP contribution in [-0.4, -0.2) is 40.1 Å². The van der Waals surface area contributed by atoms with Gasteiger partial charge in [0.2, 0.25) is 0 Å². The van der Waals surface area contributed by atoms with Crippen LogP contribution in [-0.2, 0) is 0 Å². The predicted octanol–water partition coefficient (Wildman–Crippen LogP) is 1.45. The summed E-state index contributed by atoms with van der Waals surface area (Å²) in [6.07, 6.45) is 7.17. The summed E-state index contributed by atoms with van der Waals surface area (Å²) in [6, 6.07) is 0.387. The van der Waals surface area contributed by atoms with Crippen LogP contribution in [0.4, 0.5) is 0 Å². The van der Waals surface area contributed by atoms with E-state index in [0.29, 0.717) is 18.2 Å². The molecule has 0 radical (unpaired) electrons. The molecule has 1 aromatic rings. The molecular weight excluding hydrogens is 228 g/mol. The molecule has 0 atom stereocenters. The van der Waals surface area contributed by atoms with Gasteiger partial charge in [-0.25, -0.2) is 0 Å². The molecule has 5 nitrogen and oxygen atoms in total. The summed E-state index contributed by atoms with van der Waals surface area (Å²) in [5, 5.41) is 6.76. The van der Waals surface area contributed by atoms with Crippen LogP contribution in [0, 0.1) is 6.92 Å². The highest BCUT2D eigenvalue weighted by atomic mass is 16.2. The molecule has 5 heteroatoms. The van der Waals surface area contributed by atoms with Gasteiger partial charge in [0, 0.05) is 18.3 Å². The van der Waals surface area contributed by atoms with Crippen molar-refractivity contribution >= 4 is 5.91 Å². The zero-order valence-corrected chi connectivity index (χ0v) is 11.0. The van der Waals surface area contributed by atoms with Crippen molar-refractivity contribution in [3.8, 4) is 0 Å². The molecule has 1 heterocycles. The standard InChI is InChI=1S/C13H22N4O/c1-10-12(9-15-16-10)13(18)17(8-4-7-14)11-5-2-3-6-11/h9,11H,2-8,14H2,1H3,(H,15,16). The van der Waals surface area contributed by atoms with Gasteiger partial charge in [-0.2, -0.15) is 5.10 Å². The van der Waals surface area contributed by atoms with Crippen molar-refractivity contribution in [1.82, 2.24) is 15.1 Å². The Morgan fingerprint density at radius 3 is 2.83 bits per heavy atom. The monoisotopic (exact) mass is 250 g/mol. The number of carbonyl (C=O) groups is 1. The second-order valence-corrected chi connectivity index (χ2v) is 4.99. The Kier molecular flexibility index (Phi) is 4.36. The smallest absolute Gasteiger partial charge is 0.257 e. The molecule has 1 aliphatic rings. The van der Waals surface area contributed by atoms with Crippen LogP contribution < -0.4 is 5.73 Å². The Bertz CT molecular complexity index is 395. The van der Waals surface area contributed by atoms with Crippen molar-refractivity contribution in [2.75, 3.05) is 13.1 Å². The first kappa shape index (κ1) is 13.1. The molecule has 0 spiro atoms. The molecule has 0 aliphatic heterocycles. The van der Waals surface area contributed by atoms with Gasteiger partial charge in [0.25, 0.3) is 5.91 Å². The van der Waals surface area contributed by atoms with Crippen LogP contribution in [0.5, 0.6) is 0 Å². The van der Waals surface area contributed by atoms with Crippen LogP contribution in [0.15, 0.2) is 6.20 Å². The van der Waals surface area contributed by atoms with Crippen LogP contribution in [0.1, 0.15) is 48.2 Å². The SMILES string of the molecule is Cc1[nH]ncc1C(=O)N(CCCN)C1CCCC1. The average molecular weight is 250 g/mol. The summed E-state index contributed by atoms with van der Waals surface area (Å²) < 4.78 is 0. The highest BCUT2D eigenvalue weighted by Crippen LogP contribution is 2.25. The van der Waals surface area contributed by atoms with E-state index in [9.17, 15) is 4.79 Å². The van der Waals surface area contributed by atoms with E-state index in [0.717, 1.165) is 31.5 Å². The molecule has 1 aromatic heterocycles. The number of aromatic amines is 1. The highest BCUT2D eigenvalue weighted by Gasteiger charge is 2.28. The van der Waals surface area contributed by atoms with Crippen molar-refractivity contribution in [1.29, 1.82) is 0 Å². The fourth-order valence-electron chi connectivity index (χ4n) is 2.65. The van der Waals surface area contributed by atoms with E-state index in [1.807, 2.05) is 11.8 Å². The lowest BCUT2D eigenvalue weighted by Gasteiger charge is -2.28. The zero-order chi connectivity index (χ0) is 13.0. The molecule has 100 valence electrons. The number of amides is 1. The number of rotatable bonds is 5. The number of aromatic nitrogens is 2. The molecule has 0 unspecified atom stereocenters. The predicted molar refractivity (Wildman–Crippen MR) is 70.3 cm³/mol. The summed E-state index contributed by atoms with van der Waals surface area (Å²) >= 11 is 0. The van der Waals surface area contributed by atoms with Crippen LogP contribution in [0.2, 0.25) is 0 Å². The van der Waals surface area contributed by atoms with Crippen molar-refractivity contribution in [2.45, 2.75) is 45.1 Å². The van der Waals surface area contributed by atoms with Crippen LogP contribution in [0.25, 0.3) is 0 Å². The van der Waals surface area contributed by atoms with Gasteiger partial charge in [0.15, 0.2) is 0 Å². The molecule has 1 amide bonds. The van der Waals surface area contributed by atoms with Crippen molar-refractivity contribution in [3.05, 3.63) is 17.5 Å². The Morgan fingerprint density at radius 2 is 2.28 bits per heavy atom. The number of aryl methyl sites for hydroxylation is 1. The Hall–Kier alpha value is -1.36. The van der Waals surface area contributed by atoms with E-state index in [-0.39, 0.29) is 5.91 Å². The summed E-state index contributed by atoms with van der Waals surface area (Å²) in [4.78, 5) is 14.5. The lowest BCUT2D eigenvalue weighted by molar-refractivity contribution is 0.0680. The summed E-state index contributed by atoms with van der Waals surface area (Å²) in [7, 11) is 0. The van der Waals surface area contributed by atoms with Gasteiger partial charge in [-0.3, -0.25) is 9.89 Å². The van der Waals surface area contributed by atoms with E-state index < -0.39 is 0 Å². The number of nitrogens with one attached hydrogen (secondary N) is 1. The second-order valence-electron chi connectivity index (χ2n) is 4.99. The second kappa shape index (κ2) is 6.00. The van der Waals surface area contributed by atoms with E-state index in [1.54, 1.807) is 6.20 Å². The third-order valence-corrected chi connectivity index (χ3v) is 3.69. The fraction of sp³-hybridized carbons (Fsp3) is 0.692. The minimum Gasteiger partial charge on any atom is -0.336 e.